The van der Waals surface area contributed by atoms with Crippen LogP contribution in [-0.2, 0) is 0 Å². The maximum atomic E-state index is 13.6. The Kier molecular flexibility index (Phi) is 3.97. The van der Waals surface area contributed by atoms with Gasteiger partial charge in [0.2, 0.25) is 0 Å². The highest BCUT2D eigenvalue weighted by Crippen LogP contribution is 2.24. The first-order valence-corrected chi connectivity index (χ1v) is 6.32. The first-order chi connectivity index (χ1) is 8.58. The second-order valence-corrected chi connectivity index (χ2v) is 4.95. The molecule has 0 radical (unpaired) electrons. The Morgan fingerprint density at radius 3 is 2.83 bits per heavy atom. The summed E-state index contributed by atoms with van der Waals surface area (Å²) >= 11 is 0. The number of carbonyl (C=O) groups is 1. The third-order valence-electron chi connectivity index (χ3n) is 3.29. The molecular formula is C14H19FN2O. The van der Waals surface area contributed by atoms with E-state index in [2.05, 4.69) is 17.3 Å². The molecule has 0 bridgehead atoms. The summed E-state index contributed by atoms with van der Waals surface area (Å²) in [4.78, 5) is 14.0. The van der Waals surface area contributed by atoms with Gasteiger partial charge in [-0.2, -0.15) is 0 Å². The van der Waals surface area contributed by atoms with Crippen LogP contribution in [0.5, 0.6) is 0 Å². The van der Waals surface area contributed by atoms with Gasteiger partial charge in [0.15, 0.2) is 0 Å². The summed E-state index contributed by atoms with van der Waals surface area (Å²) in [6.45, 7) is 3.17. The van der Waals surface area contributed by atoms with Crippen molar-refractivity contribution in [2.24, 2.45) is 0 Å². The Morgan fingerprint density at radius 2 is 2.22 bits per heavy atom. The Labute approximate surface area is 107 Å². The SMILES string of the molecule is Cc1ccc(C(=O)NCCN(C)C2CC2)c(F)c1. The molecule has 0 unspecified atom stereocenters. The minimum absolute atomic E-state index is 0.120. The van der Waals surface area contributed by atoms with Crippen LogP contribution in [0.2, 0.25) is 0 Å². The molecule has 4 heteroatoms. The largest absolute Gasteiger partial charge is 0.351 e. The van der Waals surface area contributed by atoms with Gasteiger partial charge in [-0.25, -0.2) is 4.39 Å². The summed E-state index contributed by atoms with van der Waals surface area (Å²) in [5.41, 5.74) is 0.937. The van der Waals surface area contributed by atoms with Gasteiger partial charge in [0.05, 0.1) is 5.56 Å². The third-order valence-corrected chi connectivity index (χ3v) is 3.29. The van der Waals surface area contributed by atoms with Gasteiger partial charge >= 0.3 is 0 Å². The first-order valence-electron chi connectivity index (χ1n) is 6.32. The average molecular weight is 250 g/mol. The second-order valence-electron chi connectivity index (χ2n) is 4.95. The van der Waals surface area contributed by atoms with Crippen molar-refractivity contribution in [2.45, 2.75) is 25.8 Å². The number of hydrogen-bond donors (Lipinski definition) is 1. The van der Waals surface area contributed by atoms with Gasteiger partial charge in [-0.15, -0.1) is 0 Å². The quantitative estimate of drug-likeness (QED) is 0.866. The van der Waals surface area contributed by atoms with E-state index in [0.29, 0.717) is 12.6 Å². The molecule has 2 rings (SSSR count). The molecule has 0 heterocycles. The highest BCUT2D eigenvalue weighted by atomic mass is 19.1. The summed E-state index contributed by atoms with van der Waals surface area (Å²) in [7, 11) is 2.05. The molecule has 1 aliphatic carbocycles. The van der Waals surface area contributed by atoms with Crippen LogP contribution in [0.4, 0.5) is 4.39 Å². The number of nitrogens with zero attached hydrogens (tertiary/aromatic N) is 1. The first kappa shape index (κ1) is 13.0. The fourth-order valence-electron chi connectivity index (χ4n) is 1.94. The number of aryl methyl sites for hydroxylation is 1. The summed E-state index contributed by atoms with van der Waals surface area (Å²) in [5.74, 6) is -0.792. The van der Waals surface area contributed by atoms with Crippen molar-refractivity contribution in [1.29, 1.82) is 0 Å². The Bertz CT molecular complexity index is 443. The lowest BCUT2D eigenvalue weighted by Crippen LogP contribution is -2.34. The minimum atomic E-state index is -0.456. The van der Waals surface area contributed by atoms with Gasteiger partial charge in [-0.05, 0) is 44.5 Å². The molecule has 0 aromatic heterocycles. The predicted octanol–water partition coefficient (Wildman–Crippen LogP) is 1.96. The predicted molar refractivity (Wildman–Crippen MR) is 69.1 cm³/mol. The van der Waals surface area contributed by atoms with Crippen LogP contribution in [0, 0.1) is 12.7 Å². The molecule has 1 aromatic rings. The van der Waals surface area contributed by atoms with Crippen LogP contribution in [0.1, 0.15) is 28.8 Å². The van der Waals surface area contributed by atoms with Crippen molar-refractivity contribution < 1.29 is 9.18 Å². The monoisotopic (exact) mass is 250 g/mol. The third kappa shape index (κ3) is 3.29. The van der Waals surface area contributed by atoms with E-state index >= 15 is 0 Å². The van der Waals surface area contributed by atoms with Crippen LogP contribution in [0.3, 0.4) is 0 Å². The van der Waals surface area contributed by atoms with E-state index in [1.54, 1.807) is 13.0 Å². The van der Waals surface area contributed by atoms with Crippen LogP contribution in [-0.4, -0.2) is 37.0 Å². The van der Waals surface area contributed by atoms with Gasteiger partial charge < -0.3 is 10.2 Å². The van der Waals surface area contributed by atoms with Crippen LogP contribution in [0.15, 0.2) is 18.2 Å². The van der Waals surface area contributed by atoms with Crippen molar-refractivity contribution in [3.8, 4) is 0 Å². The smallest absolute Gasteiger partial charge is 0.254 e. The van der Waals surface area contributed by atoms with Crippen LogP contribution < -0.4 is 5.32 Å². The standard InChI is InChI=1S/C14H19FN2O/c1-10-3-6-12(13(15)9-10)14(18)16-7-8-17(2)11-4-5-11/h3,6,9,11H,4-5,7-8H2,1-2H3,(H,16,18). The van der Waals surface area contributed by atoms with Crippen molar-refractivity contribution in [3.05, 3.63) is 35.1 Å². The summed E-state index contributed by atoms with van der Waals surface area (Å²) in [6.07, 6.45) is 2.49. The maximum Gasteiger partial charge on any atom is 0.254 e. The molecular weight excluding hydrogens is 231 g/mol. The normalized spacial score (nSPS) is 14.9. The molecule has 1 N–H and O–H groups in total. The van der Waals surface area contributed by atoms with Crippen LogP contribution in [0.25, 0.3) is 0 Å². The number of amides is 1. The van der Waals surface area contributed by atoms with Gasteiger partial charge in [-0.1, -0.05) is 6.07 Å². The lowest BCUT2D eigenvalue weighted by Gasteiger charge is -2.15. The fraction of sp³-hybridized carbons (Fsp3) is 0.500. The molecule has 1 fully saturated rings. The topological polar surface area (TPSA) is 32.3 Å². The molecule has 1 amide bonds. The second kappa shape index (κ2) is 5.48. The van der Waals surface area contributed by atoms with Crippen molar-refractivity contribution in [1.82, 2.24) is 10.2 Å². The van der Waals surface area contributed by atoms with Gasteiger partial charge in [0.25, 0.3) is 5.91 Å². The van der Waals surface area contributed by atoms with Crippen molar-refractivity contribution >= 4 is 5.91 Å². The number of halogens is 1. The highest BCUT2D eigenvalue weighted by Gasteiger charge is 2.25. The van der Waals surface area contributed by atoms with Crippen molar-refractivity contribution in [3.63, 3.8) is 0 Å². The Balaban J connectivity index is 1.83. The Morgan fingerprint density at radius 1 is 1.50 bits per heavy atom. The molecule has 18 heavy (non-hydrogen) atoms. The molecule has 0 aliphatic heterocycles. The molecule has 98 valence electrons. The summed E-state index contributed by atoms with van der Waals surface area (Å²) in [5, 5.41) is 2.75. The van der Waals surface area contributed by atoms with E-state index < -0.39 is 5.82 Å². The van der Waals surface area contributed by atoms with E-state index in [9.17, 15) is 9.18 Å². The number of rotatable bonds is 5. The maximum absolute atomic E-state index is 13.6. The molecule has 1 aliphatic rings. The molecule has 3 nitrogen and oxygen atoms in total. The molecule has 1 aromatic carbocycles. The van der Waals surface area contributed by atoms with E-state index in [1.807, 2.05) is 0 Å². The Hall–Kier alpha value is -1.42. The van der Waals surface area contributed by atoms with Gasteiger partial charge in [0.1, 0.15) is 5.82 Å². The molecule has 1 saturated carbocycles. The van der Waals surface area contributed by atoms with E-state index in [-0.39, 0.29) is 11.5 Å². The van der Waals surface area contributed by atoms with Crippen LogP contribution >= 0.6 is 0 Å². The van der Waals surface area contributed by atoms with E-state index in [0.717, 1.165) is 12.1 Å². The molecule has 0 saturated heterocycles. The highest BCUT2D eigenvalue weighted by molar-refractivity contribution is 5.94. The zero-order valence-electron chi connectivity index (χ0n) is 10.9. The van der Waals surface area contributed by atoms with Gasteiger partial charge in [0, 0.05) is 19.1 Å². The fourth-order valence-corrected chi connectivity index (χ4v) is 1.94. The molecule has 0 spiro atoms. The van der Waals surface area contributed by atoms with E-state index in [1.165, 1.54) is 25.0 Å². The summed E-state index contributed by atoms with van der Waals surface area (Å²) < 4.78 is 13.6. The zero-order valence-corrected chi connectivity index (χ0v) is 10.9. The minimum Gasteiger partial charge on any atom is -0.351 e. The van der Waals surface area contributed by atoms with E-state index in [4.69, 9.17) is 0 Å². The van der Waals surface area contributed by atoms with Gasteiger partial charge in [-0.3, -0.25) is 4.79 Å². The average Bonchev–Trinajstić information content (AvgIpc) is 3.12. The lowest BCUT2D eigenvalue weighted by molar-refractivity contribution is 0.0945. The molecule has 0 atom stereocenters. The van der Waals surface area contributed by atoms with Crippen molar-refractivity contribution in [2.75, 3.05) is 20.1 Å². The number of carbonyl (C=O) groups excluding carboxylic acids is 1. The lowest BCUT2D eigenvalue weighted by atomic mass is 10.1. The number of likely N-dealkylation sites (N-methyl/N-ethyl adjacent to an activating group) is 1. The number of nitrogens with one attached hydrogen (secondary N) is 1. The zero-order chi connectivity index (χ0) is 13.1. The summed E-state index contributed by atoms with van der Waals surface area (Å²) in [6, 6.07) is 5.34. The number of hydrogen-bond acceptors (Lipinski definition) is 2. The number of benzene rings is 1.